The number of aromatic amines is 1. The molecule has 0 atom stereocenters. The van der Waals surface area contributed by atoms with E-state index in [9.17, 15) is 15.0 Å². The first-order valence-electron chi connectivity index (χ1n) is 11.8. The smallest absolute Gasteiger partial charge is 0.348 e. The number of aryl methyl sites for hydroxylation is 4. The van der Waals surface area contributed by atoms with Gasteiger partial charge < -0.3 is 19.5 Å². The van der Waals surface area contributed by atoms with Gasteiger partial charge in [0.15, 0.2) is 5.82 Å². The van der Waals surface area contributed by atoms with Crippen molar-refractivity contribution >= 4 is 10.9 Å². The van der Waals surface area contributed by atoms with Gasteiger partial charge in [0, 0.05) is 30.2 Å². The summed E-state index contributed by atoms with van der Waals surface area (Å²) in [4.78, 5) is 12.7. The number of phenols is 2. The summed E-state index contributed by atoms with van der Waals surface area (Å²) in [5.74, 6) is 0.944. The van der Waals surface area contributed by atoms with Crippen molar-refractivity contribution in [1.82, 2.24) is 19.3 Å². The molecule has 0 bridgehead atoms. The van der Waals surface area contributed by atoms with Crippen LogP contribution >= 0.6 is 0 Å². The number of nitrogens with one attached hydrogen (secondary N) is 1. The molecule has 3 aromatic carbocycles. The highest BCUT2D eigenvalue weighted by Gasteiger charge is 2.19. The second-order valence-corrected chi connectivity index (χ2v) is 8.86. The van der Waals surface area contributed by atoms with Gasteiger partial charge in [0.2, 0.25) is 0 Å². The van der Waals surface area contributed by atoms with Crippen LogP contribution in [-0.2, 0) is 26.3 Å². The van der Waals surface area contributed by atoms with E-state index in [4.69, 9.17) is 4.74 Å². The van der Waals surface area contributed by atoms with Crippen molar-refractivity contribution in [3.8, 4) is 34.3 Å². The third-order valence-corrected chi connectivity index (χ3v) is 6.65. The topological polar surface area (TPSA) is 105 Å². The molecule has 2 heterocycles. The summed E-state index contributed by atoms with van der Waals surface area (Å²) in [6.07, 6.45) is 4.03. The molecule has 0 fully saturated rings. The number of aromatic nitrogens is 4. The van der Waals surface area contributed by atoms with Crippen molar-refractivity contribution in [3.05, 3.63) is 88.0 Å². The Kier molecular flexibility index (Phi) is 6.01. The summed E-state index contributed by atoms with van der Waals surface area (Å²) in [6, 6.07) is 16.8. The van der Waals surface area contributed by atoms with Gasteiger partial charge >= 0.3 is 5.69 Å². The molecule has 0 spiro atoms. The number of aromatic hydroxyl groups is 2. The van der Waals surface area contributed by atoms with Crippen molar-refractivity contribution in [1.29, 1.82) is 0 Å². The molecule has 5 aromatic rings. The molecular formula is C28H28N4O4. The van der Waals surface area contributed by atoms with E-state index in [1.165, 1.54) is 10.6 Å². The molecular weight excluding hydrogens is 456 g/mol. The molecule has 2 aromatic heterocycles. The molecule has 36 heavy (non-hydrogen) atoms. The Morgan fingerprint density at radius 2 is 1.81 bits per heavy atom. The van der Waals surface area contributed by atoms with E-state index in [0.717, 1.165) is 34.2 Å². The van der Waals surface area contributed by atoms with E-state index in [-0.39, 0.29) is 17.3 Å². The summed E-state index contributed by atoms with van der Waals surface area (Å²) >= 11 is 0. The van der Waals surface area contributed by atoms with E-state index < -0.39 is 5.69 Å². The Balaban J connectivity index is 1.51. The molecule has 8 nitrogen and oxygen atoms in total. The standard InChI is InChI=1S/C28H28N4O4/c1-4-18-7-5-17(13-26(18)36-3)6-8-20-15-22(25(34)16-24(20)33)27-29-30-28(35)32(27)21-9-10-23-19(14-21)11-12-31(23)2/h5,7,9-16,33-34H,4,6,8H2,1-3H3,(H,30,35). The van der Waals surface area contributed by atoms with Crippen LogP contribution in [0, 0.1) is 0 Å². The van der Waals surface area contributed by atoms with Crippen LogP contribution in [0.1, 0.15) is 23.6 Å². The lowest BCUT2D eigenvalue weighted by molar-refractivity contribution is 0.409. The first-order chi connectivity index (χ1) is 17.4. The average molecular weight is 485 g/mol. The summed E-state index contributed by atoms with van der Waals surface area (Å²) in [6.45, 7) is 2.08. The summed E-state index contributed by atoms with van der Waals surface area (Å²) in [5.41, 5.74) is 4.45. The molecule has 0 amide bonds. The molecule has 0 aliphatic rings. The molecule has 0 aliphatic heterocycles. The van der Waals surface area contributed by atoms with E-state index in [0.29, 0.717) is 29.7 Å². The van der Waals surface area contributed by atoms with Crippen LogP contribution in [0.15, 0.2) is 65.6 Å². The van der Waals surface area contributed by atoms with Gasteiger partial charge in [-0.3, -0.25) is 0 Å². The zero-order valence-corrected chi connectivity index (χ0v) is 20.4. The highest BCUT2D eigenvalue weighted by atomic mass is 16.5. The van der Waals surface area contributed by atoms with Gasteiger partial charge in [0.05, 0.1) is 18.4 Å². The maximum absolute atomic E-state index is 12.7. The molecule has 0 saturated heterocycles. The molecule has 0 unspecified atom stereocenters. The van der Waals surface area contributed by atoms with Gasteiger partial charge in [-0.25, -0.2) is 14.5 Å². The fourth-order valence-corrected chi connectivity index (χ4v) is 4.64. The van der Waals surface area contributed by atoms with Crippen molar-refractivity contribution < 1.29 is 14.9 Å². The summed E-state index contributed by atoms with van der Waals surface area (Å²) < 4.78 is 8.93. The first-order valence-corrected chi connectivity index (χ1v) is 11.8. The second-order valence-electron chi connectivity index (χ2n) is 8.86. The number of nitrogens with zero attached hydrogens (tertiary/aromatic N) is 3. The molecule has 5 rings (SSSR count). The van der Waals surface area contributed by atoms with Gasteiger partial charge in [-0.2, -0.15) is 5.10 Å². The molecule has 8 heteroatoms. The predicted molar refractivity (Wildman–Crippen MR) is 139 cm³/mol. The summed E-state index contributed by atoms with van der Waals surface area (Å²) in [7, 11) is 3.62. The van der Waals surface area contributed by atoms with Crippen molar-refractivity contribution in [3.63, 3.8) is 0 Å². The van der Waals surface area contributed by atoms with E-state index in [1.54, 1.807) is 13.2 Å². The van der Waals surface area contributed by atoms with Gasteiger partial charge in [0.1, 0.15) is 17.2 Å². The lowest BCUT2D eigenvalue weighted by Gasteiger charge is -2.13. The molecule has 184 valence electrons. The highest BCUT2D eigenvalue weighted by Crippen LogP contribution is 2.35. The van der Waals surface area contributed by atoms with Crippen LogP contribution in [-0.4, -0.2) is 36.7 Å². The minimum atomic E-state index is -0.419. The molecule has 0 radical (unpaired) electrons. The van der Waals surface area contributed by atoms with Gasteiger partial charge in [-0.05, 0) is 72.4 Å². The Morgan fingerprint density at radius 3 is 2.58 bits per heavy atom. The minimum absolute atomic E-state index is 0.0106. The maximum Gasteiger partial charge on any atom is 0.348 e. The summed E-state index contributed by atoms with van der Waals surface area (Å²) in [5, 5.41) is 28.9. The number of methoxy groups -OCH3 is 1. The zero-order valence-electron chi connectivity index (χ0n) is 20.4. The fraction of sp³-hybridized carbons (Fsp3) is 0.214. The zero-order chi connectivity index (χ0) is 25.4. The maximum atomic E-state index is 12.7. The van der Waals surface area contributed by atoms with Crippen LogP contribution in [0.25, 0.3) is 28.0 Å². The number of H-pyrrole nitrogens is 1. The third-order valence-electron chi connectivity index (χ3n) is 6.65. The quantitative estimate of drug-likeness (QED) is 0.316. The highest BCUT2D eigenvalue weighted by molar-refractivity contribution is 5.82. The van der Waals surface area contributed by atoms with E-state index in [2.05, 4.69) is 29.3 Å². The number of hydrogen-bond donors (Lipinski definition) is 3. The number of phenolic OH excluding ortho intramolecular Hbond substituents is 2. The van der Waals surface area contributed by atoms with Crippen molar-refractivity contribution in [2.75, 3.05) is 7.11 Å². The molecule has 0 saturated carbocycles. The number of hydrogen-bond acceptors (Lipinski definition) is 5. The number of fused-ring (bicyclic) bond motifs is 1. The van der Waals surface area contributed by atoms with E-state index >= 15 is 0 Å². The normalized spacial score (nSPS) is 11.3. The average Bonchev–Trinajstić information content (AvgIpc) is 3.45. The van der Waals surface area contributed by atoms with Crippen LogP contribution < -0.4 is 10.4 Å². The lowest BCUT2D eigenvalue weighted by Crippen LogP contribution is -2.15. The largest absolute Gasteiger partial charge is 0.508 e. The van der Waals surface area contributed by atoms with Crippen LogP contribution in [0.3, 0.4) is 0 Å². The number of ether oxygens (including phenoxy) is 1. The van der Waals surface area contributed by atoms with E-state index in [1.807, 2.05) is 48.1 Å². The Bertz CT molecular complexity index is 1630. The second kappa shape index (κ2) is 9.30. The molecule has 0 aliphatic carbocycles. The molecule has 3 N–H and O–H groups in total. The van der Waals surface area contributed by atoms with Crippen LogP contribution in [0.2, 0.25) is 0 Å². The predicted octanol–water partition coefficient (Wildman–Crippen LogP) is 4.49. The fourth-order valence-electron chi connectivity index (χ4n) is 4.64. The Labute approximate surface area is 208 Å². The number of benzene rings is 3. The monoisotopic (exact) mass is 484 g/mol. The minimum Gasteiger partial charge on any atom is -0.508 e. The van der Waals surface area contributed by atoms with Gasteiger partial charge in [-0.1, -0.05) is 19.1 Å². The lowest BCUT2D eigenvalue weighted by atomic mass is 9.99. The third kappa shape index (κ3) is 4.11. The Morgan fingerprint density at radius 1 is 0.972 bits per heavy atom. The number of rotatable bonds is 7. The van der Waals surface area contributed by atoms with Crippen molar-refractivity contribution in [2.45, 2.75) is 26.2 Å². The Hall–Kier alpha value is -4.46. The van der Waals surface area contributed by atoms with Gasteiger partial charge in [-0.15, -0.1) is 0 Å². The SMILES string of the molecule is CCc1ccc(CCc2cc(-c3n[nH]c(=O)n3-c3ccc4c(ccn4C)c3)c(O)cc2O)cc1OC. The van der Waals surface area contributed by atoms with Crippen LogP contribution in [0.5, 0.6) is 17.2 Å². The van der Waals surface area contributed by atoms with Crippen molar-refractivity contribution in [2.24, 2.45) is 7.05 Å². The van der Waals surface area contributed by atoms with Gasteiger partial charge in [0.25, 0.3) is 0 Å². The first kappa shape index (κ1) is 23.3. The van der Waals surface area contributed by atoms with Crippen LogP contribution in [0.4, 0.5) is 0 Å².